The Labute approximate surface area is 334 Å². The molecule has 1 atom stereocenters. The fraction of sp³-hybridized carbons (Fsp3) is 0.0385. The van der Waals surface area contributed by atoms with Crippen molar-refractivity contribution in [3.05, 3.63) is 205 Å². The summed E-state index contributed by atoms with van der Waals surface area (Å²) < 4.78 is 8.64. The lowest BCUT2D eigenvalue weighted by Crippen LogP contribution is -2.16. The summed E-state index contributed by atoms with van der Waals surface area (Å²) in [5.41, 5.74) is 18.4. The van der Waals surface area contributed by atoms with Gasteiger partial charge in [0.05, 0.1) is 6.04 Å². The Morgan fingerprint density at radius 3 is 1.86 bits per heavy atom. The summed E-state index contributed by atoms with van der Waals surface area (Å²) in [7, 11) is 0. The number of para-hydroxylation sites is 1. The Bertz CT molecular complexity index is 3140. The molecule has 10 aromatic rings. The summed E-state index contributed by atoms with van der Waals surface area (Å²) in [5, 5.41) is 4.59. The summed E-state index contributed by atoms with van der Waals surface area (Å²) in [6.07, 6.45) is 0. The second-order valence-electron chi connectivity index (χ2n) is 14.4. The molecule has 0 aliphatic rings. The van der Waals surface area contributed by atoms with Crippen molar-refractivity contribution in [2.24, 2.45) is 15.7 Å². The SMILES string of the molecule is CC(N=C(N=C(N)c1ccc2c(c1)oc1ccccc12)c1ccccc1)c1cccc2sc3cc(-c4ccc(-c5cccc(-c6ccccc6)c5)cc4)ccc3c12. The monoisotopic (exact) mass is 751 g/mol. The van der Waals surface area contributed by atoms with Crippen molar-refractivity contribution in [2.75, 3.05) is 0 Å². The third-order valence-electron chi connectivity index (χ3n) is 10.7. The molecule has 8 aromatic carbocycles. The Hall–Kier alpha value is -7.08. The van der Waals surface area contributed by atoms with Crippen molar-refractivity contribution < 1.29 is 4.42 Å². The molecule has 5 heteroatoms. The van der Waals surface area contributed by atoms with E-state index in [0.717, 1.165) is 38.6 Å². The van der Waals surface area contributed by atoms with E-state index in [4.69, 9.17) is 20.1 Å². The molecule has 0 fully saturated rings. The number of hydrogen-bond donors (Lipinski definition) is 1. The van der Waals surface area contributed by atoms with E-state index in [-0.39, 0.29) is 6.04 Å². The average Bonchev–Trinajstić information content (AvgIpc) is 3.84. The summed E-state index contributed by atoms with van der Waals surface area (Å²) in [4.78, 5) is 10.2. The third-order valence-corrected chi connectivity index (χ3v) is 11.9. The van der Waals surface area contributed by atoms with Crippen molar-refractivity contribution in [1.29, 1.82) is 0 Å². The van der Waals surface area contributed by atoms with Gasteiger partial charge < -0.3 is 10.2 Å². The molecule has 0 saturated carbocycles. The van der Waals surface area contributed by atoms with E-state index in [0.29, 0.717) is 11.7 Å². The summed E-state index contributed by atoms with van der Waals surface area (Å²) >= 11 is 1.82. The van der Waals surface area contributed by atoms with E-state index in [1.54, 1.807) is 0 Å². The van der Waals surface area contributed by atoms with Crippen LogP contribution in [0, 0.1) is 0 Å². The molecule has 272 valence electrons. The van der Waals surface area contributed by atoms with E-state index < -0.39 is 0 Å². The lowest BCUT2D eigenvalue weighted by Gasteiger charge is -2.12. The maximum atomic E-state index is 6.74. The van der Waals surface area contributed by atoms with Crippen LogP contribution in [0.1, 0.15) is 29.7 Å². The molecule has 0 aliphatic carbocycles. The van der Waals surface area contributed by atoms with Crippen LogP contribution in [0.4, 0.5) is 0 Å². The van der Waals surface area contributed by atoms with Crippen molar-refractivity contribution in [3.8, 4) is 33.4 Å². The minimum absolute atomic E-state index is 0.191. The number of nitrogens with zero attached hydrogens (tertiary/aromatic N) is 2. The summed E-state index contributed by atoms with van der Waals surface area (Å²) in [5.74, 6) is 0.965. The molecule has 57 heavy (non-hydrogen) atoms. The van der Waals surface area contributed by atoms with Gasteiger partial charge in [-0.1, -0.05) is 152 Å². The van der Waals surface area contributed by atoms with Crippen molar-refractivity contribution in [1.82, 2.24) is 0 Å². The van der Waals surface area contributed by atoms with E-state index >= 15 is 0 Å². The number of nitrogens with two attached hydrogens (primary N) is 1. The van der Waals surface area contributed by atoms with Gasteiger partial charge in [0.25, 0.3) is 0 Å². The summed E-state index contributed by atoms with van der Waals surface area (Å²) in [6.45, 7) is 2.14. The second kappa shape index (κ2) is 14.5. The van der Waals surface area contributed by atoms with Gasteiger partial charge in [-0.05, 0) is 82.3 Å². The third kappa shape index (κ3) is 6.58. The van der Waals surface area contributed by atoms with Gasteiger partial charge in [-0.2, -0.15) is 0 Å². The molecule has 4 nitrogen and oxygen atoms in total. The van der Waals surface area contributed by atoms with Gasteiger partial charge in [0.1, 0.15) is 17.0 Å². The second-order valence-corrected chi connectivity index (χ2v) is 15.4. The normalized spacial score (nSPS) is 12.9. The number of amidine groups is 2. The quantitative estimate of drug-likeness (QED) is 0.130. The zero-order valence-electron chi connectivity index (χ0n) is 31.3. The van der Waals surface area contributed by atoms with Crippen LogP contribution in [-0.4, -0.2) is 11.7 Å². The first-order valence-electron chi connectivity index (χ1n) is 19.2. The van der Waals surface area contributed by atoms with Crippen LogP contribution in [-0.2, 0) is 0 Å². The predicted octanol–water partition coefficient (Wildman–Crippen LogP) is 13.9. The maximum absolute atomic E-state index is 6.74. The van der Waals surface area contributed by atoms with Crippen LogP contribution in [0.2, 0.25) is 0 Å². The number of thiophene rings is 1. The van der Waals surface area contributed by atoms with Crippen molar-refractivity contribution in [2.45, 2.75) is 13.0 Å². The van der Waals surface area contributed by atoms with Crippen LogP contribution in [0.5, 0.6) is 0 Å². The van der Waals surface area contributed by atoms with E-state index in [2.05, 4.69) is 134 Å². The number of aliphatic imine (C=N–C) groups is 2. The van der Waals surface area contributed by atoms with Crippen molar-refractivity contribution in [3.63, 3.8) is 0 Å². The minimum atomic E-state index is -0.191. The lowest BCUT2D eigenvalue weighted by molar-refractivity contribution is 0.669. The number of benzene rings is 8. The van der Waals surface area contributed by atoms with Gasteiger partial charge in [0.2, 0.25) is 0 Å². The lowest BCUT2D eigenvalue weighted by atomic mass is 9.96. The topological polar surface area (TPSA) is 63.9 Å². The first-order chi connectivity index (χ1) is 28.1. The molecule has 0 aliphatic heterocycles. The highest BCUT2D eigenvalue weighted by molar-refractivity contribution is 7.25. The van der Waals surface area contributed by atoms with Gasteiger partial charge in [-0.3, -0.25) is 4.99 Å². The van der Waals surface area contributed by atoms with Gasteiger partial charge >= 0.3 is 0 Å². The average molecular weight is 752 g/mol. The predicted molar refractivity (Wildman–Crippen MR) is 241 cm³/mol. The van der Waals surface area contributed by atoms with E-state index in [1.807, 2.05) is 72.0 Å². The molecule has 2 aromatic heterocycles. The maximum Gasteiger partial charge on any atom is 0.157 e. The number of hydrogen-bond acceptors (Lipinski definition) is 3. The van der Waals surface area contributed by atoms with Crippen LogP contribution < -0.4 is 5.73 Å². The molecule has 0 saturated heterocycles. The molecule has 0 bridgehead atoms. The fourth-order valence-electron chi connectivity index (χ4n) is 7.82. The minimum Gasteiger partial charge on any atom is -0.456 e. The Kier molecular flexibility index (Phi) is 8.77. The highest BCUT2D eigenvalue weighted by Gasteiger charge is 2.17. The highest BCUT2D eigenvalue weighted by Crippen LogP contribution is 2.41. The van der Waals surface area contributed by atoms with Crippen LogP contribution in [0.25, 0.3) is 75.5 Å². The van der Waals surface area contributed by atoms with Crippen molar-refractivity contribution >= 4 is 65.1 Å². The number of rotatable bonds is 7. The first-order valence-corrected chi connectivity index (χ1v) is 20.0. The van der Waals surface area contributed by atoms with E-state index in [9.17, 15) is 0 Å². The molecule has 0 radical (unpaired) electrons. The summed E-state index contributed by atoms with van der Waals surface area (Å²) in [6, 6.07) is 65.5. The molecule has 2 heterocycles. The molecular formula is C52H37N3OS. The van der Waals surface area contributed by atoms with Gasteiger partial charge in [0, 0.05) is 42.1 Å². The van der Waals surface area contributed by atoms with Gasteiger partial charge in [0.15, 0.2) is 5.84 Å². The molecule has 0 spiro atoms. The molecule has 1 unspecified atom stereocenters. The highest BCUT2D eigenvalue weighted by atomic mass is 32.1. The Morgan fingerprint density at radius 2 is 1.09 bits per heavy atom. The van der Waals surface area contributed by atoms with Crippen LogP contribution in [0.3, 0.4) is 0 Å². The Morgan fingerprint density at radius 1 is 0.491 bits per heavy atom. The molecular weight excluding hydrogens is 715 g/mol. The van der Waals surface area contributed by atoms with E-state index in [1.165, 1.54) is 53.6 Å². The Balaban J connectivity index is 0.973. The first kappa shape index (κ1) is 34.4. The largest absolute Gasteiger partial charge is 0.456 e. The zero-order valence-corrected chi connectivity index (χ0v) is 32.1. The van der Waals surface area contributed by atoms with Gasteiger partial charge in [-0.15, -0.1) is 11.3 Å². The zero-order chi connectivity index (χ0) is 38.3. The van der Waals surface area contributed by atoms with Gasteiger partial charge in [-0.25, -0.2) is 4.99 Å². The molecule has 2 N–H and O–H groups in total. The molecule has 10 rings (SSSR count). The molecule has 0 amide bonds. The fourth-order valence-corrected chi connectivity index (χ4v) is 9.00. The van der Waals surface area contributed by atoms with Crippen LogP contribution >= 0.6 is 11.3 Å². The number of furan rings is 1. The van der Waals surface area contributed by atoms with Crippen LogP contribution in [0.15, 0.2) is 202 Å². The standard InChI is InChI=1S/C52H37N3OS/c1-33(54-52(37-14-6-3-7-15-37)55-51(53)41-27-28-44-43-18-8-9-20-46(43)56-47(44)31-41)42-19-11-21-48-50(42)45-29-26-40(32-49(45)57-48)36-24-22-35(23-25-36)39-17-10-16-38(30-39)34-12-4-2-5-13-34/h2-33H,1H3,(H2,53,54,55). The number of fused-ring (bicyclic) bond motifs is 6. The smallest absolute Gasteiger partial charge is 0.157 e.